The van der Waals surface area contributed by atoms with E-state index in [4.69, 9.17) is 8.85 Å². The Bertz CT molecular complexity index is 929. The molecule has 0 heterocycles. The van der Waals surface area contributed by atoms with Crippen LogP contribution in [-0.2, 0) is 16.0 Å². The molecule has 0 aliphatic rings. The molecule has 9 heteroatoms. The molecule has 2 aromatic carbocycles. The van der Waals surface area contributed by atoms with Crippen LogP contribution in [0.1, 0.15) is 16.5 Å². The van der Waals surface area contributed by atoms with Gasteiger partial charge in [-0.15, -0.1) is 0 Å². The molecular formula is C17H14I3NO5. The van der Waals surface area contributed by atoms with Gasteiger partial charge in [-0.05, 0) is 104 Å². The second kappa shape index (κ2) is 9.39. The van der Waals surface area contributed by atoms with Crippen LogP contribution in [0.3, 0.4) is 0 Å². The number of carbonyl (C=O) groups is 2. The van der Waals surface area contributed by atoms with Crippen molar-refractivity contribution in [1.29, 1.82) is 0 Å². The lowest BCUT2D eigenvalue weighted by atomic mass is 10.1. The summed E-state index contributed by atoms with van der Waals surface area (Å²) in [6, 6.07) is 6.88. The lowest BCUT2D eigenvalue weighted by Crippen LogP contribution is -2.41. The highest BCUT2D eigenvalue weighted by Crippen LogP contribution is 2.35. The molecule has 0 aliphatic carbocycles. The van der Waals surface area contributed by atoms with Crippen molar-refractivity contribution in [3.05, 3.63) is 46.6 Å². The van der Waals surface area contributed by atoms with E-state index in [0.717, 1.165) is 0 Å². The van der Waals surface area contributed by atoms with E-state index in [0.29, 0.717) is 27.8 Å². The van der Waals surface area contributed by atoms with E-state index in [1.165, 1.54) is 6.07 Å². The highest BCUT2D eigenvalue weighted by Gasteiger charge is 2.20. The van der Waals surface area contributed by atoms with Crippen molar-refractivity contribution in [3.8, 4) is 17.2 Å². The molecule has 0 fully saturated rings. The number of aromatic hydroxyl groups is 1. The lowest BCUT2D eigenvalue weighted by molar-refractivity contribution is -0.141. The molecule has 0 aliphatic heterocycles. The third-order valence-corrected chi connectivity index (χ3v) is 5.71. The van der Waals surface area contributed by atoms with Crippen molar-refractivity contribution in [2.24, 2.45) is 0 Å². The Hall–Kier alpha value is -0.830. The predicted octanol–water partition coefficient (Wildman–Crippen LogP) is 4.13. The largest absolute Gasteiger partial charge is 0.507 e. The smallest absolute Gasteiger partial charge is 0.326 e. The summed E-state index contributed by atoms with van der Waals surface area (Å²) in [6.45, 7) is -2.92. The monoisotopic (exact) mass is 696 g/mol. The minimum Gasteiger partial charge on any atom is -0.507 e. The van der Waals surface area contributed by atoms with Crippen molar-refractivity contribution in [2.75, 3.05) is 0 Å². The van der Waals surface area contributed by atoms with Gasteiger partial charge in [-0.25, -0.2) is 4.79 Å². The van der Waals surface area contributed by atoms with Crippen LogP contribution < -0.4 is 10.1 Å². The van der Waals surface area contributed by atoms with Crippen LogP contribution in [0.25, 0.3) is 0 Å². The maximum absolute atomic E-state index is 11.6. The molecule has 6 nitrogen and oxygen atoms in total. The lowest BCUT2D eigenvalue weighted by Gasteiger charge is -2.16. The first-order chi connectivity index (χ1) is 13.4. The van der Waals surface area contributed by atoms with Gasteiger partial charge in [0.2, 0.25) is 5.91 Å². The second-order valence-electron chi connectivity index (χ2n) is 5.17. The van der Waals surface area contributed by atoms with Crippen LogP contribution >= 0.6 is 67.8 Å². The molecule has 0 aromatic heterocycles. The van der Waals surface area contributed by atoms with Gasteiger partial charge in [-0.1, -0.05) is 0 Å². The quantitative estimate of drug-likeness (QED) is 0.396. The minimum atomic E-state index is -2.92. The van der Waals surface area contributed by atoms with Gasteiger partial charge in [0.05, 0.1) is 10.7 Å². The number of hydrogen-bond donors (Lipinski definition) is 3. The zero-order valence-corrected chi connectivity index (χ0v) is 19.4. The standard InChI is InChI=1S/C17H14I3NO5/c1-8(22)21-14(17(24)25)6-9-4-12(19)16(13(20)5-9)26-10-2-3-15(23)11(18)7-10/h2-5,7,14,23H,6H2,1H3,(H,21,22)(H,24,25)/t14-/m0/s1/i1D3. The van der Waals surface area contributed by atoms with E-state index in [9.17, 15) is 19.8 Å². The van der Waals surface area contributed by atoms with Crippen molar-refractivity contribution >= 4 is 79.6 Å². The van der Waals surface area contributed by atoms with Crippen LogP contribution in [0.5, 0.6) is 17.2 Å². The minimum absolute atomic E-state index is 0.0828. The average Bonchev–Trinajstić information content (AvgIpc) is 2.59. The highest BCUT2D eigenvalue weighted by molar-refractivity contribution is 14.1. The molecule has 0 bridgehead atoms. The van der Waals surface area contributed by atoms with E-state index in [1.54, 1.807) is 24.3 Å². The number of aliphatic carboxylic acids is 1. The fourth-order valence-electron chi connectivity index (χ4n) is 2.09. The SMILES string of the molecule is [2H]C([2H])([2H])C(=O)N[C@@H](Cc1cc(I)c(Oc2ccc(O)c(I)c2)c(I)c1)C(=O)O. The van der Waals surface area contributed by atoms with Crippen LogP contribution in [0, 0.1) is 10.7 Å². The number of amides is 1. The summed E-state index contributed by atoms with van der Waals surface area (Å²) in [5, 5.41) is 21.0. The first kappa shape index (κ1) is 17.3. The molecule has 3 N–H and O–H groups in total. The zero-order chi connectivity index (χ0) is 21.9. The van der Waals surface area contributed by atoms with Gasteiger partial charge >= 0.3 is 5.97 Å². The molecule has 2 rings (SSSR count). The molecule has 0 saturated carbocycles. The predicted molar refractivity (Wildman–Crippen MR) is 122 cm³/mol. The van der Waals surface area contributed by atoms with Crippen LogP contribution in [-0.4, -0.2) is 28.1 Å². The van der Waals surface area contributed by atoms with Gasteiger partial charge in [0.15, 0.2) is 5.75 Å². The third-order valence-electron chi connectivity index (χ3n) is 3.24. The number of carboxylic acid groups (broad SMARTS) is 1. The summed E-state index contributed by atoms with van der Waals surface area (Å²) < 4.78 is 29.2. The van der Waals surface area contributed by atoms with E-state index in [2.05, 4.69) is 45.2 Å². The van der Waals surface area contributed by atoms with E-state index in [-0.39, 0.29) is 12.2 Å². The normalized spacial score (nSPS) is 13.9. The molecule has 0 radical (unpaired) electrons. The van der Waals surface area contributed by atoms with Crippen LogP contribution in [0.4, 0.5) is 0 Å². The molecule has 0 unspecified atom stereocenters. The molecule has 0 saturated heterocycles. The Morgan fingerprint density at radius 1 is 1.19 bits per heavy atom. The van der Waals surface area contributed by atoms with E-state index in [1.807, 2.05) is 27.9 Å². The molecule has 26 heavy (non-hydrogen) atoms. The van der Waals surface area contributed by atoms with Gasteiger partial charge in [0.25, 0.3) is 0 Å². The zero-order valence-electron chi connectivity index (χ0n) is 15.9. The number of rotatable bonds is 6. The van der Waals surface area contributed by atoms with E-state index >= 15 is 0 Å². The number of carbonyl (C=O) groups excluding carboxylic acids is 1. The fraction of sp³-hybridized carbons (Fsp3) is 0.176. The summed E-state index contributed by atoms with van der Waals surface area (Å²) in [5.74, 6) is -1.39. The topological polar surface area (TPSA) is 95.9 Å². The Morgan fingerprint density at radius 3 is 2.38 bits per heavy atom. The van der Waals surface area contributed by atoms with Gasteiger partial charge in [0, 0.05) is 17.4 Å². The number of phenols is 1. The van der Waals surface area contributed by atoms with Gasteiger partial charge in [-0.2, -0.15) is 0 Å². The van der Waals surface area contributed by atoms with Gasteiger partial charge < -0.3 is 20.3 Å². The summed E-state index contributed by atoms with van der Waals surface area (Å²) >= 11 is 6.09. The molecule has 0 spiro atoms. The summed E-state index contributed by atoms with van der Waals surface area (Å²) in [7, 11) is 0. The number of phenolic OH excluding ortho intramolecular Hbond substituents is 1. The summed E-state index contributed by atoms with van der Waals surface area (Å²) in [6.07, 6.45) is -0.0828. The third kappa shape index (κ3) is 5.84. The molecular weight excluding hydrogens is 679 g/mol. The van der Waals surface area contributed by atoms with E-state index < -0.39 is 24.8 Å². The number of benzene rings is 2. The molecule has 2 aromatic rings. The highest BCUT2D eigenvalue weighted by atomic mass is 127. The molecule has 1 amide bonds. The number of hydrogen-bond acceptors (Lipinski definition) is 4. The number of carboxylic acids is 1. The van der Waals surface area contributed by atoms with Crippen molar-refractivity contribution in [3.63, 3.8) is 0 Å². The Kier molecular flexibility index (Phi) is 6.24. The number of ether oxygens (including phenoxy) is 1. The fourth-order valence-corrected chi connectivity index (χ4v) is 4.69. The first-order valence-electron chi connectivity index (χ1n) is 8.56. The number of halogens is 3. The average molecular weight is 696 g/mol. The Morgan fingerprint density at radius 2 is 1.85 bits per heavy atom. The van der Waals surface area contributed by atoms with Crippen molar-refractivity contribution in [2.45, 2.75) is 19.3 Å². The maximum Gasteiger partial charge on any atom is 0.326 e. The Labute approximate surface area is 195 Å². The maximum atomic E-state index is 11.6. The molecule has 138 valence electrons. The van der Waals surface area contributed by atoms with Crippen molar-refractivity contribution in [1.82, 2.24) is 5.32 Å². The first-order valence-corrected chi connectivity index (χ1v) is 10.3. The van der Waals surface area contributed by atoms with Crippen LogP contribution in [0.2, 0.25) is 0 Å². The number of nitrogens with one attached hydrogen (secondary N) is 1. The molecule has 1 atom stereocenters. The Balaban J connectivity index is 2.23. The second-order valence-corrected chi connectivity index (χ2v) is 8.66. The van der Waals surface area contributed by atoms with Crippen molar-refractivity contribution < 1.29 is 28.7 Å². The summed E-state index contributed by atoms with van der Waals surface area (Å²) in [5.41, 5.74) is 0.602. The van der Waals surface area contributed by atoms with Gasteiger partial charge in [-0.3, -0.25) is 4.79 Å². The summed E-state index contributed by atoms with van der Waals surface area (Å²) in [4.78, 5) is 23.1. The van der Waals surface area contributed by atoms with Gasteiger partial charge in [0.1, 0.15) is 17.5 Å². The van der Waals surface area contributed by atoms with Crippen LogP contribution in [0.15, 0.2) is 30.3 Å².